The summed E-state index contributed by atoms with van der Waals surface area (Å²) in [6.45, 7) is 0.622. The average Bonchev–Trinajstić information content (AvgIpc) is 2.93. The van der Waals surface area contributed by atoms with E-state index in [4.69, 9.17) is 10.2 Å². The van der Waals surface area contributed by atoms with Crippen molar-refractivity contribution in [1.29, 1.82) is 0 Å². The van der Waals surface area contributed by atoms with Crippen molar-refractivity contribution in [3.8, 4) is 0 Å². The monoisotopic (exact) mass is 327 g/mol. The summed E-state index contributed by atoms with van der Waals surface area (Å²) < 4.78 is 42.6. The van der Waals surface area contributed by atoms with E-state index < -0.39 is 20.9 Å². The van der Waals surface area contributed by atoms with Gasteiger partial charge in [-0.1, -0.05) is 23.7 Å². The van der Waals surface area contributed by atoms with Crippen LogP contribution in [0.1, 0.15) is 30.7 Å². The summed E-state index contributed by atoms with van der Waals surface area (Å²) in [6.07, 6.45) is 3.15. The van der Waals surface area contributed by atoms with E-state index in [2.05, 4.69) is 10.2 Å². The Kier molecular flexibility index (Phi) is 5.62. The van der Waals surface area contributed by atoms with Crippen molar-refractivity contribution in [3.63, 3.8) is 0 Å². The fourth-order valence-electron chi connectivity index (χ4n) is 1.97. The highest BCUT2D eigenvalue weighted by Gasteiger charge is 2.23. The molecule has 2 aromatic rings. The van der Waals surface area contributed by atoms with Crippen molar-refractivity contribution in [2.75, 3.05) is 6.54 Å². The first-order valence-electron chi connectivity index (χ1n) is 7.01. The maximum Gasteiger partial charge on any atom is 0.335 e. The normalized spacial score (nSPS) is 11.7. The van der Waals surface area contributed by atoms with Crippen LogP contribution in [0.3, 0.4) is 0 Å². The molecule has 0 saturated heterocycles. The Morgan fingerprint density at radius 2 is 2.00 bits per heavy atom. The van der Waals surface area contributed by atoms with Gasteiger partial charge in [0.2, 0.25) is 15.7 Å². The number of halogens is 1. The number of aryl methyl sites for hydroxylation is 1. The van der Waals surface area contributed by atoms with E-state index in [0.717, 1.165) is 19.3 Å². The molecule has 0 bridgehead atoms. The number of aromatic nitrogens is 2. The van der Waals surface area contributed by atoms with Crippen LogP contribution in [0.4, 0.5) is 4.39 Å². The van der Waals surface area contributed by atoms with E-state index in [1.165, 1.54) is 24.3 Å². The van der Waals surface area contributed by atoms with Gasteiger partial charge in [0, 0.05) is 6.42 Å². The molecule has 6 nitrogen and oxygen atoms in total. The van der Waals surface area contributed by atoms with Gasteiger partial charge in [-0.15, -0.1) is 5.10 Å². The molecule has 0 saturated carbocycles. The lowest BCUT2D eigenvalue weighted by Crippen LogP contribution is -2.05. The van der Waals surface area contributed by atoms with Crippen molar-refractivity contribution in [1.82, 2.24) is 10.2 Å². The smallest absolute Gasteiger partial charge is 0.335 e. The topological polar surface area (TPSA) is 99.1 Å². The zero-order chi connectivity index (χ0) is 16.0. The van der Waals surface area contributed by atoms with Gasteiger partial charge in [-0.3, -0.25) is 0 Å². The van der Waals surface area contributed by atoms with Crippen LogP contribution in [0.5, 0.6) is 0 Å². The molecule has 1 aromatic heterocycles. The molecule has 1 heterocycles. The second kappa shape index (κ2) is 7.46. The molecule has 0 aliphatic carbocycles. The summed E-state index contributed by atoms with van der Waals surface area (Å²) >= 11 is 0. The van der Waals surface area contributed by atoms with Crippen molar-refractivity contribution >= 4 is 9.84 Å². The fraction of sp³-hybridized carbons (Fsp3) is 0.429. The van der Waals surface area contributed by atoms with Crippen LogP contribution < -0.4 is 5.73 Å². The molecule has 0 unspecified atom stereocenters. The Balaban J connectivity index is 2.02. The third kappa shape index (κ3) is 4.60. The minimum Gasteiger partial charge on any atom is -0.413 e. The molecule has 0 fully saturated rings. The van der Waals surface area contributed by atoms with Gasteiger partial charge in [0.25, 0.3) is 0 Å². The SMILES string of the molecule is NCCCCCc1nnc(S(=O)(=O)Cc2cccc(F)c2)o1. The Labute approximate surface area is 128 Å². The van der Waals surface area contributed by atoms with E-state index in [1.807, 2.05) is 0 Å². The van der Waals surface area contributed by atoms with Gasteiger partial charge >= 0.3 is 5.22 Å². The molecule has 0 radical (unpaired) electrons. The van der Waals surface area contributed by atoms with Crippen LogP contribution in [0.2, 0.25) is 0 Å². The van der Waals surface area contributed by atoms with Crippen LogP contribution in [-0.2, 0) is 22.0 Å². The predicted octanol–water partition coefficient (Wildman–Crippen LogP) is 1.85. The minimum atomic E-state index is -3.77. The lowest BCUT2D eigenvalue weighted by Gasteiger charge is -2.00. The van der Waals surface area contributed by atoms with Crippen LogP contribution >= 0.6 is 0 Å². The van der Waals surface area contributed by atoms with Gasteiger partial charge in [-0.05, 0) is 37.1 Å². The first kappa shape index (κ1) is 16.6. The maximum atomic E-state index is 13.1. The molecule has 0 atom stereocenters. The summed E-state index contributed by atoms with van der Waals surface area (Å²) in [4.78, 5) is 0. The standard InChI is InChI=1S/C14H18FN3O3S/c15-12-6-4-5-11(9-12)10-22(19,20)14-18-17-13(21-14)7-2-1-3-8-16/h4-6,9H,1-3,7-8,10,16H2. The lowest BCUT2D eigenvalue weighted by molar-refractivity contribution is 0.391. The Morgan fingerprint density at radius 3 is 2.73 bits per heavy atom. The number of unbranched alkanes of at least 4 members (excludes halogenated alkanes) is 2. The maximum absolute atomic E-state index is 13.1. The van der Waals surface area contributed by atoms with E-state index in [0.29, 0.717) is 18.5 Å². The Morgan fingerprint density at radius 1 is 1.18 bits per heavy atom. The summed E-state index contributed by atoms with van der Waals surface area (Å²) in [5.41, 5.74) is 5.73. The van der Waals surface area contributed by atoms with E-state index in [-0.39, 0.29) is 11.6 Å². The quantitative estimate of drug-likeness (QED) is 0.743. The Hall–Kier alpha value is -1.80. The Bertz CT molecular complexity index is 716. The second-order valence-electron chi connectivity index (χ2n) is 4.95. The largest absolute Gasteiger partial charge is 0.413 e. The van der Waals surface area contributed by atoms with Crippen LogP contribution in [0, 0.1) is 5.82 Å². The van der Waals surface area contributed by atoms with Gasteiger partial charge < -0.3 is 10.2 Å². The number of rotatable bonds is 8. The summed E-state index contributed by atoms with van der Waals surface area (Å²) in [5, 5.41) is 6.90. The summed E-state index contributed by atoms with van der Waals surface area (Å²) in [5.74, 6) is -0.576. The van der Waals surface area contributed by atoms with Crippen LogP contribution in [0.25, 0.3) is 0 Å². The summed E-state index contributed by atoms with van der Waals surface area (Å²) in [6, 6.07) is 5.41. The third-order valence-corrected chi connectivity index (χ3v) is 4.47. The third-order valence-electron chi connectivity index (χ3n) is 3.05. The number of benzene rings is 1. The molecule has 0 amide bonds. The number of hydrogen-bond acceptors (Lipinski definition) is 6. The molecule has 2 rings (SSSR count). The van der Waals surface area contributed by atoms with Gasteiger partial charge in [0.1, 0.15) is 5.82 Å². The molecule has 120 valence electrons. The number of hydrogen-bond donors (Lipinski definition) is 1. The number of nitrogens with two attached hydrogens (primary N) is 1. The molecule has 1 aromatic carbocycles. The zero-order valence-electron chi connectivity index (χ0n) is 12.0. The zero-order valence-corrected chi connectivity index (χ0v) is 12.9. The van der Waals surface area contributed by atoms with Crippen molar-refractivity contribution < 1.29 is 17.2 Å². The molecule has 0 aliphatic heterocycles. The van der Waals surface area contributed by atoms with Crippen LogP contribution in [0.15, 0.2) is 33.9 Å². The molecular weight excluding hydrogens is 309 g/mol. The highest BCUT2D eigenvalue weighted by atomic mass is 32.2. The van der Waals surface area contributed by atoms with Gasteiger partial charge in [-0.2, -0.15) is 0 Å². The molecular formula is C14H18FN3O3S. The van der Waals surface area contributed by atoms with Crippen molar-refractivity contribution in [3.05, 3.63) is 41.5 Å². The second-order valence-corrected chi connectivity index (χ2v) is 6.82. The minimum absolute atomic E-state index is 0.287. The van der Waals surface area contributed by atoms with E-state index >= 15 is 0 Å². The molecule has 22 heavy (non-hydrogen) atoms. The molecule has 8 heteroatoms. The van der Waals surface area contributed by atoms with Gasteiger partial charge in [0.15, 0.2) is 0 Å². The highest BCUT2D eigenvalue weighted by Crippen LogP contribution is 2.17. The molecule has 2 N–H and O–H groups in total. The summed E-state index contributed by atoms with van der Waals surface area (Å²) in [7, 11) is -3.77. The first-order chi connectivity index (χ1) is 10.5. The van der Waals surface area contributed by atoms with Gasteiger partial charge in [-0.25, -0.2) is 12.8 Å². The molecule has 0 aliphatic rings. The van der Waals surface area contributed by atoms with E-state index in [9.17, 15) is 12.8 Å². The number of nitrogens with zero attached hydrogens (tertiary/aromatic N) is 2. The van der Waals surface area contributed by atoms with Crippen molar-refractivity contribution in [2.45, 2.75) is 36.7 Å². The highest BCUT2D eigenvalue weighted by molar-refractivity contribution is 7.90. The van der Waals surface area contributed by atoms with E-state index in [1.54, 1.807) is 0 Å². The average molecular weight is 327 g/mol. The van der Waals surface area contributed by atoms with Gasteiger partial charge in [0.05, 0.1) is 5.75 Å². The van der Waals surface area contributed by atoms with Crippen LogP contribution in [-0.4, -0.2) is 25.2 Å². The fourth-order valence-corrected chi connectivity index (χ4v) is 3.10. The first-order valence-corrected chi connectivity index (χ1v) is 8.66. The predicted molar refractivity (Wildman–Crippen MR) is 78.2 cm³/mol. The van der Waals surface area contributed by atoms with Crippen molar-refractivity contribution in [2.24, 2.45) is 5.73 Å². The number of sulfone groups is 1. The lowest BCUT2D eigenvalue weighted by atomic mass is 10.2. The molecule has 0 spiro atoms.